The molecule has 1 aliphatic heterocycles. The molecule has 5 heteroatoms. The van der Waals surface area contributed by atoms with Crippen LogP contribution in [0.3, 0.4) is 0 Å². The Balaban J connectivity index is 2.26. The van der Waals surface area contributed by atoms with Crippen molar-refractivity contribution in [3.05, 3.63) is 17.6 Å². The minimum absolute atomic E-state index is 0.148. The number of aromatic nitrogens is 2. The second-order valence-electron chi connectivity index (χ2n) is 5.71. The maximum atomic E-state index is 11.2. The topological polar surface area (TPSA) is 66.3 Å². The van der Waals surface area contributed by atoms with E-state index in [-0.39, 0.29) is 17.8 Å². The number of hydrogen-bond acceptors (Lipinski definition) is 4. The fourth-order valence-corrected chi connectivity index (χ4v) is 2.47. The van der Waals surface area contributed by atoms with Gasteiger partial charge in [0.2, 0.25) is 0 Å². The number of carboxylic acid groups (broad SMARTS) is 1. The Labute approximate surface area is 113 Å². The van der Waals surface area contributed by atoms with E-state index in [9.17, 15) is 9.90 Å². The Kier molecular flexibility index (Phi) is 3.73. The zero-order valence-corrected chi connectivity index (χ0v) is 11.9. The van der Waals surface area contributed by atoms with E-state index in [1.54, 1.807) is 0 Å². The second kappa shape index (κ2) is 5.15. The van der Waals surface area contributed by atoms with E-state index in [0.717, 1.165) is 23.9 Å². The summed E-state index contributed by atoms with van der Waals surface area (Å²) < 4.78 is 0. The molecule has 0 saturated carbocycles. The summed E-state index contributed by atoms with van der Waals surface area (Å²) in [7, 11) is 0. The summed E-state index contributed by atoms with van der Waals surface area (Å²) in [5, 5.41) is 9.19. The molecule has 2 unspecified atom stereocenters. The van der Waals surface area contributed by atoms with Crippen LogP contribution in [0, 0.1) is 18.8 Å². The quantitative estimate of drug-likeness (QED) is 0.904. The Bertz CT molecular complexity index is 488. The van der Waals surface area contributed by atoms with Crippen molar-refractivity contribution in [1.29, 1.82) is 0 Å². The molecule has 1 saturated heterocycles. The molecule has 0 aliphatic carbocycles. The lowest BCUT2D eigenvalue weighted by Crippen LogP contribution is -2.24. The van der Waals surface area contributed by atoms with Gasteiger partial charge in [0.1, 0.15) is 11.6 Å². The molecule has 0 radical (unpaired) electrons. The Morgan fingerprint density at radius 3 is 2.63 bits per heavy atom. The van der Waals surface area contributed by atoms with Gasteiger partial charge in [0.05, 0.1) is 5.92 Å². The predicted octanol–water partition coefficient (Wildman–Crippen LogP) is 2.07. The first kappa shape index (κ1) is 13.8. The molecule has 19 heavy (non-hydrogen) atoms. The molecule has 1 aromatic heterocycles. The van der Waals surface area contributed by atoms with Crippen molar-refractivity contribution in [2.45, 2.75) is 33.6 Å². The van der Waals surface area contributed by atoms with Gasteiger partial charge in [0, 0.05) is 30.8 Å². The number of anilines is 1. The molecule has 0 amide bonds. The third-order valence-corrected chi connectivity index (χ3v) is 3.63. The minimum atomic E-state index is -0.718. The summed E-state index contributed by atoms with van der Waals surface area (Å²) in [4.78, 5) is 22.2. The minimum Gasteiger partial charge on any atom is -0.481 e. The first-order valence-corrected chi connectivity index (χ1v) is 6.71. The van der Waals surface area contributed by atoms with Crippen LogP contribution in [0.1, 0.15) is 38.2 Å². The molecule has 1 N–H and O–H groups in total. The second-order valence-corrected chi connectivity index (χ2v) is 5.71. The average molecular weight is 263 g/mol. The molecule has 1 fully saturated rings. The van der Waals surface area contributed by atoms with Crippen LogP contribution in [0.4, 0.5) is 5.82 Å². The Morgan fingerprint density at radius 1 is 1.42 bits per heavy atom. The van der Waals surface area contributed by atoms with Gasteiger partial charge < -0.3 is 10.0 Å². The first-order chi connectivity index (χ1) is 8.88. The van der Waals surface area contributed by atoms with Crippen molar-refractivity contribution >= 4 is 11.8 Å². The van der Waals surface area contributed by atoms with Crippen molar-refractivity contribution in [3.8, 4) is 0 Å². The van der Waals surface area contributed by atoms with Crippen LogP contribution in [-0.4, -0.2) is 34.1 Å². The number of aliphatic carboxylic acids is 1. The van der Waals surface area contributed by atoms with E-state index in [1.165, 1.54) is 0 Å². The zero-order valence-electron chi connectivity index (χ0n) is 11.9. The molecule has 2 heterocycles. The molecular formula is C14H21N3O2. The van der Waals surface area contributed by atoms with Crippen molar-refractivity contribution in [1.82, 2.24) is 9.97 Å². The fraction of sp³-hybridized carbons (Fsp3) is 0.643. The van der Waals surface area contributed by atoms with Gasteiger partial charge in [-0.15, -0.1) is 0 Å². The first-order valence-electron chi connectivity index (χ1n) is 6.71. The summed E-state index contributed by atoms with van der Waals surface area (Å²) in [6.07, 6.45) is 0. The molecule has 2 rings (SSSR count). The summed E-state index contributed by atoms with van der Waals surface area (Å²) >= 11 is 0. The molecule has 104 valence electrons. The highest BCUT2D eigenvalue weighted by Gasteiger charge is 2.35. The van der Waals surface area contributed by atoms with E-state index in [0.29, 0.717) is 6.54 Å². The molecular weight excluding hydrogens is 242 g/mol. The van der Waals surface area contributed by atoms with E-state index in [4.69, 9.17) is 0 Å². The number of nitrogens with zero attached hydrogens (tertiary/aromatic N) is 3. The van der Waals surface area contributed by atoms with Gasteiger partial charge in [-0.2, -0.15) is 0 Å². The van der Waals surface area contributed by atoms with Crippen molar-refractivity contribution in [2.24, 2.45) is 11.8 Å². The normalized spacial score (nSPS) is 23.1. The van der Waals surface area contributed by atoms with E-state index in [2.05, 4.69) is 28.7 Å². The maximum Gasteiger partial charge on any atom is 0.308 e. The standard InChI is InChI=1S/C14H21N3O2/c1-8(2)13-15-10(4)5-12(16-13)17-6-9(3)11(7-17)14(18)19/h5,8-9,11H,6-7H2,1-4H3,(H,18,19). The summed E-state index contributed by atoms with van der Waals surface area (Å²) in [5.74, 6) is 1.07. The highest BCUT2D eigenvalue weighted by Crippen LogP contribution is 2.28. The Morgan fingerprint density at radius 2 is 2.11 bits per heavy atom. The largest absolute Gasteiger partial charge is 0.481 e. The van der Waals surface area contributed by atoms with Gasteiger partial charge in [-0.05, 0) is 12.8 Å². The van der Waals surface area contributed by atoms with Gasteiger partial charge in [0.15, 0.2) is 0 Å². The molecule has 2 atom stereocenters. The van der Waals surface area contributed by atoms with Gasteiger partial charge in [-0.3, -0.25) is 4.79 Å². The van der Waals surface area contributed by atoms with E-state index < -0.39 is 5.97 Å². The fourth-order valence-electron chi connectivity index (χ4n) is 2.47. The molecule has 1 aliphatic rings. The van der Waals surface area contributed by atoms with Crippen LogP contribution in [0.2, 0.25) is 0 Å². The van der Waals surface area contributed by atoms with Gasteiger partial charge >= 0.3 is 5.97 Å². The number of hydrogen-bond donors (Lipinski definition) is 1. The molecule has 5 nitrogen and oxygen atoms in total. The van der Waals surface area contributed by atoms with Crippen LogP contribution >= 0.6 is 0 Å². The average Bonchev–Trinajstić information content (AvgIpc) is 2.70. The third-order valence-electron chi connectivity index (χ3n) is 3.63. The summed E-state index contributed by atoms with van der Waals surface area (Å²) in [5.41, 5.74) is 0.931. The number of rotatable bonds is 3. The van der Waals surface area contributed by atoms with Gasteiger partial charge in [-0.1, -0.05) is 20.8 Å². The van der Waals surface area contributed by atoms with Crippen LogP contribution in [0.15, 0.2) is 6.07 Å². The van der Waals surface area contributed by atoms with Crippen molar-refractivity contribution in [2.75, 3.05) is 18.0 Å². The predicted molar refractivity (Wildman–Crippen MR) is 73.4 cm³/mol. The third kappa shape index (κ3) is 2.85. The van der Waals surface area contributed by atoms with Crippen LogP contribution in [0.25, 0.3) is 0 Å². The van der Waals surface area contributed by atoms with Crippen molar-refractivity contribution < 1.29 is 9.90 Å². The highest BCUT2D eigenvalue weighted by molar-refractivity contribution is 5.72. The van der Waals surface area contributed by atoms with Gasteiger partial charge in [0.25, 0.3) is 0 Å². The molecule has 0 aromatic carbocycles. The lowest BCUT2D eigenvalue weighted by Gasteiger charge is -2.19. The SMILES string of the molecule is Cc1cc(N2CC(C)C(C(=O)O)C2)nc(C(C)C)n1. The highest BCUT2D eigenvalue weighted by atomic mass is 16.4. The van der Waals surface area contributed by atoms with E-state index in [1.807, 2.05) is 19.9 Å². The summed E-state index contributed by atoms with van der Waals surface area (Å²) in [6, 6.07) is 1.93. The number of carboxylic acids is 1. The zero-order chi connectivity index (χ0) is 14.2. The summed E-state index contributed by atoms with van der Waals surface area (Å²) in [6.45, 7) is 9.33. The van der Waals surface area contributed by atoms with Crippen LogP contribution < -0.4 is 4.90 Å². The van der Waals surface area contributed by atoms with Gasteiger partial charge in [-0.25, -0.2) is 9.97 Å². The monoisotopic (exact) mass is 263 g/mol. The maximum absolute atomic E-state index is 11.2. The lowest BCUT2D eigenvalue weighted by atomic mass is 9.99. The smallest absolute Gasteiger partial charge is 0.308 e. The molecule has 0 bridgehead atoms. The number of carbonyl (C=O) groups is 1. The molecule has 0 spiro atoms. The van der Waals surface area contributed by atoms with Crippen LogP contribution in [0.5, 0.6) is 0 Å². The molecule has 1 aromatic rings. The van der Waals surface area contributed by atoms with Crippen molar-refractivity contribution in [3.63, 3.8) is 0 Å². The number of aryl methyl sites for hydroxylation is 1. The lowest BCUT2D eigenvalue weighted by molar-refractivity contribution is -0.142. The van der Waals surface area contributed by atoms with E-state index >= 15 is 0 Å². The van der Waals surface area contributed by atoms with Crippen LogP contribution in [-0.2, 0) is 4.79 Å². The Hall–Kier alpha value is -1.65.